The summed E-state index contributed by atoms with van der Waals surface area (Å²) in [5.41, 5.74) is 0. The molecular formula is C8H13F3N2O3. The van der Waals surface area contributed by atoms with Crippen molar-refractivity contribution in [1.29, 1.82) is 0 Å². The van der Waals surface area contributed by atoms with Crippen molar-refractivity contribution in [2.75, 3.05) is 13.1 Å². The summed E-state index contributed by atoms with van der Waals surface area (Å²) >= 11 is 0. The summed E-state index contributed by atoms with van der Waals surface area (Å²) in [5, 5.41) is 10.1. The second-order valence-electron chi connectivity index (χ2n) is 3.39. The molecule has 0 rings (SSSR count). The topological polar surface area (TPSA) is 69.6 Å². The zero-order valence-corrected chi connectivity index (χ0v) is 8.84. The van der Waals surface area contributed by atoms with Crippen LogP contribution < -0.4 is 5.32 Å². The average molecular weight is 242 g/mol. The van der Waals surface area contributed by atoms with Crippen LogP contribution in [0.25, 0.3) is 0 Å². The Labute approximate surface area is 90.2 Å². The number of urea groups is 1. The molecule has 0 aromatic heterocycles. The van der Waals surface area contributed by atoms with Crippen molar-refractivity contribution in [3.05, 3.63) is 0 Å². The number of hydrogen-bond acceptors (Lipinski definition) is 2. The number of amides is 2. The normalized spacial score (nSPS) is 11.4. The second-order valence-corrected chi connectivity index (χ2v) is 3.39. The zero-order chi connectivity index (χ0) is 12.9. The van der Waals surface area contributed by atoms with Crippen LogP contribution in [0.3, 0.4) is 0 Å². The molecule has 94 valence electrons. The summed E-state index contributed by atoms with van der Waals surface area (Å²) in [6.07, 6.45) is -4.51. The van der Waals surface area contributed by atoms with E-state index in [1.165, 1.54) is 13.8 Å². The summed E-state index contributed by atoms with van der Waals surface area (Å²) in [7, 11) is 0. The van der Waals surface area contributed by atoms with Crippen molar-refractivity contribution < 1.29 is 27.9 Å². The molecule has 2 amide bonds. The molecule has 0 aliphatic heterocycles. The van der Waals surface area contributed by atoms with Crippen LogP contribution in [-0.2, 0) is 4.79 Å². The van der Waals surface area contributed by atoms with Crippen molar-refractivity contribution in [2.24, 2.45) is 0 Å². The van der Waals surface area contributed by atoms with Gasteiger partial charge in [0.25, 0.3) is 0 Å². The molecule has 0 fully saturated rings. The number of hydrogen-bond donors (Lipinski definition) is 2. The fourth-order valence-corrected chi connectivity index (χ4v) is 0.912. The van der Waals surface area contributed by atoms with Crippen LogP contribution in [0.1, 0.15) is 13.8 Å². The first kappa shape index (κ1) is 14.5. The van der Waals surface area contributed by atoms with Crippen molar-refractivity contribution in [2.45, 2.75) is 26.1 Å². The van der Waals surface area contributed by atoms with Gasteiger partial charge in [-0.1, -0.05) is 0 Å². The molecule has 0 aromatic rings. The van der Waals surface area contributed by atoms with Gasteiger partial charge < -0.3 is 15.3 Å². The smallest absolute Gasteiger partial charge is 0.405 e. The molecule has 2 N–H and O–H groups in total. The average Bonchev–Trinajstić information content (AvgIpc) is 2.08. The number of aliphatic carboxylic acids is 1. The molecule has 0 saturated heterocycles. The SMILES string of the molecule is CC(C)N(CC(=O)O)C(=O)NCC(F)(F)F. The maximum atomic E-state index is 11.8. The lowest BCUT2D eigenvalue weighted by Crippen LogP contribution is -2.48. The van der Waals surface area contributed by atoms with Gasteiger partial charge in [-0.15, -0.1) is 0 Å². The van der Waals surface area contributed by atoms with E-state index < -0.39 is 37.3 Å². The largest absolute Gasteiger partial charge is 0.480 e. The molecule has 0 aliphatic carbocycles. The number of carbonyl (C=O) groups excluding carboxylic acids is 1. The number of carbonyl (C=O) groups is 2. The Morgan fingerprint density at radius 2 is 1.88 bits per heavy atom. The molecule has 0 bridgehead atoms. The molecular weight excluding hydrogens is 229 g/mol. The van der Waals surface area contributed by atoms with Crippen LogP contribution in [-0.4, -0.2) is 47.3 Å². The van der Waals surface area contributed by atoms with Gasteiger partial charge in [-0.05, 0) is 13.8 Å². The standard InChI is InChI=1S/C8H13F3N2O3/c1-5(2)13(3-6(14)15)7(16)12-4-8(9,10)11/h5H,3-4H2,1-2H3,(H,12,16)(H,14,15). The molecule has 8 heteroatoms. The van der Waals surface area contributed by atoms with Crippen molar-refractivity contribution >= 4 is 12.0 Å². The van der Waals surface area contributed by atoms with Gasteiger partial charge in [0, 0.05) is 6.04 Å². The lowest BCUT2D eigenvalue weighted by Gasteiger charge is -2.25. The number of rotatable bonds is 4. The molecule has 0 atom stereocenters. The predicted octanol–water partition coefficient (Wildman–Crippen LogP) is 1.05. The van der Waals surface area contributed by atoms with Gasteiger partial charge in [0.2, 0.25) is 0 Å². The molecule has 0 spiro atoms. The Morgan fingerprint density at radius 3 is 2.19 bits per heavy atom. The Balaban J connectivity index is 4.34. The Hall–Kier alpha value is -1.47. The first-order valence-electron chi connectivity index (χ1n) is 4.46. The maximum absolute atomic E-state index is 11.8. The Kier molecular flexibility index (Phi) is 5.06. The maximum Gasteiger partial charge on any atom is 0.405 e. The van der Waals surface area contributed by atoms with Crippen LogP contribution in [0.2, 0.25) is 0 Å². The number of halogens is 3. The third-order valence-corrected chi connectivity index (χ3v) is 1.63. The van der Waals surface area contributed by atoms with Gasteiger partial charge >= 0.3 is 18.2 Å². The quantitative estimate of drug-likeness (QED) is 0.774. The van der Waals surface area contributed by atoms with Crippen molar-refractivity contribution in [3.63, 3.8) is 0 Å². The second kappa shape index (κ2) is 5.57. The minimum Gasteiger partial charge on any atom is -0.480 e. The highest BCUT2D eigenvalue weighted by Crippen LogP contribution is 2.12. The highest BCUT2D eigenvalue weighted by molar-refractivity contribution is 5.80. The van der Waals surface area contributed by atoms with E-state index in [2.05, 4.69) is 0 Å². The molecule has 0 unspecified atom stereocenters. The highest BCUT2D eigenvalue weighted by atomic mass is 19.4. The van der Waals surface area contributed by atoms with E-state index in [1.807, 2.05) is 0 Å². The summed E-state index contributed by atoms with van der Waals surface area (Å²) in [6.45, 7) is 0.905. The summed E-state index contributed by atoms with van der Waals surface area (Å²) in [5.74, 6) is -1.28. The van der Waals surface area contributed by atoms with Crippen LogP contribution in [0, 0.1) is 0 Å². The number of carboxylic acids is 1. The lowest BCUT2D eigenvalue weighted by atomic mass is 10.3. The van der Waals surface area contributed by atoms with E-state index in [-0.39, 0.29) is 0 Å². The molecule has 0 aromatic carbocycles. The van der Waals surface area contributed by atoms with Gasteiger partial charge in [-0.3, -0.25) is 4.79 Å². The first-order valence-corrected chi connectivity index (χ1v) is 4.46. The van der Waals surface area contributed by atoms with Crippen LogP contribution in [0.4, 0.5) is 18.0 Å². The van der Waals surface area contributed by atoms with Gasteiger partial charge in [-0.2, -0.15) is 13.2 Å². The third-order valence-electron chi connectivity index (χ3n) is 1.63. The van der Waals surface area contributed by atoms with Gasteiger partial charge in [0.15, 0.2) is 0 Å². The minimum absolute atomic E-state index is 0.496. The fourth-order valence-electron chi connectivity index (χ4n) is 0.912. The van der Waals surface area contributed by atoms with E-state index >= 15 is 0 Å². The van der Waals surface area contributed by atoms with Crippen molar-refractivity contribution in [1.82, 2.24) is 10.2 Å². The van der Waals surface area contributed by atoms with Crippen molar-refractivity contribution in [3.8, 4) is 0 Å². The summed E-state index contributed by atoms with van der Waals surface area (Å²) in [4.78, 5) is 22.4. The summed E-state index contributed by atoms with van der Waals surface area (Å²) < 4.78 is 35.4. The molecule has 16 heavy (non-hydrogen) atoms. The zero-order valence-electron chi connectivity index (χ0n) is 8.84. The third kappa shape index (κ3) is 6.10. The van der Waals surface area contributed by atoms with Crippen LogP contribution >= 0.6 is 0 Å². The number of alkyl halides is 3. The van der Waals surface area contributed by atoms with E-state index in [0.717, 1.165) is 4.90 Å². The van der Waals surface area contributed by atoms with E-state index in [9.17, 15) is 22.8 Å². The molecule has 5 nitrogen and oxygen atoms in total. The Bertz CT molecular complexity index is 266. The van der Waals surface area contributed by atoms with Gasteiger partial charge in [0.1, 0.15) is 13.1 Å². The fraction of sp³-hybridized carbons (Fsp3) is 0.750. The minimum atomic E-state index is -4.51. The predicted molar refractivity (Wildman–Crippen MR) is 48.9 cm³/mol. The first-order chi connectivity index (χ1) is 7.13. The van der Waals surface area contributed by atoms with E-state index in [0.29, 0.717) is 0 Å². The van der Waals surface area contributed by atoms with Gasteiger partial charge in [0.05, 0.1) is 0 Å². The molecule has 0 saturated carbocycles. The van der Waals surface area contributed by atoms with Crippen LogP contribution in [0.5, 0.6) is 0 Å². The van der Waals surface area contributed by atoms with E-state index in [4.69, 9.17) is 5.11 Å². The molecule has 0 radical (unpaired) electrons. The number of carboxylic acid groups (broad SMARTS) is 1. The molecule has 0 heterocycles. The van der Waals surface area contributed by atoms with E-state index in [1.54, 1.807) is 5.32 Å². The number of nitrogens with zero attached hydrogens (tertiary/aromatic N) is 1. The molecule has 0 aliphatic rings. The lowest BCUT2D eigenvalue weighted by molar-refractivity contribution is -0.138. The monoisotopic (exact) mass is 242 g/mol. The highest BCUT2D eigenvalue weighted by Gasteiger charge is 2.29. The van der Waals surface area contributed by atoms with Gasteiger partial charge in [-0.25, -0.2) is 4.79 Å². The summed E-state index contributed by atoms with van der Waals surface area (Å²) in [6, 6.07) is -1.54. The van der Waals surface area contributed by atoms with Crippen LogP contribution in [0.15, 0.2) is 0 Å². The number of nitrogens with one attached hydrogen (secondary N) is 1. The Morgan fingerprint density at radius 1 is 1.38 bits per heavy atom.